The van der Waals surface area contributed by atoms with Crippen LogP contribution in [0.2, 0.25) is 0 Å². The summed E-state index contributed by atoms with van der Waals surface area (Å²) in [6, 6.07) is 10.8. The monoisotopic (exact) mass is 352 g/mol. The van der Waals surface area contributed by atoms with E-state index in [9.17, 15) is 4.79 Å². The molecule has 0 unspecified atom stereocenters. The highest BCUT2D eigenvalue weighted by molar-refractivity contribution is 6.05. The van der Waals surface area contributed by atoms with Crippen molar-refractivity contribution in [2.24, 2.45) is 0 Å². The first-order chi connectivity index (χ1) is 12.7. The Morgan fingerprint density at radius 3 is 2.65 bits per heavy atom. The zero-order valence-corrected chi connectivity index (χ0v) is 14.3. The van der Waals surface area contributed by atoms with Gasteiger partial charge in [-0.15, -0.1) is 0 Å². The molecule has 2 heterocycles. The minimum absolute atomic E-state index is 0.207. The Morgan fingerprint density at radius 2 is 1.85 bits per heavy atom. The van der Waals surface area contributed by atoms with E-state index in [1.54, 1.807) is 44.6 Å². The molecule has 6 heteroatoms. The first-order valence-electron chi connectivity index (χ1n) is 7.95. The van der Waals surface area contributed by atoms with Gasteiger partial charge in [0.2, 0.25) is 6.79 Å². The SMILES string of the molecule is COc1ccc(C2=CC(=Cc3ccc4c(c3)OCO4)C(=O)O2)c(OC)c1. The lowest BCUT2D eigenvalue weighted by Gasteiger charge is -2.10. The Morgan fingerprint density at radius 1 is 1.00 bits per heavy atom. The predicted molar refractivity (Wildman–Crippen MR) is 94.2 cm³/mol. The van der Waals surface area contributed by atoms with E-state index in [1.165, 1.54) is 0 Å². The molecule has 0 radical (unpaired) electrons. The number of hydrogen-bond donors (Lipinski definition) is 0. The summed E-state index contributed by atoms with van der Waals surface area (Å²) in [6.07, 6.45) is 3.44. The second-order valence-corrected chi connectivity index (χ2v) is 5.68. The molecule has 0 amide bonds. The summed E-state index contributed by atoms with van der Waals surface area (Å²) >= 11 is 0. The van der Waals surface area contributed by atoms with Gasteiger partial charge in [0.25, 0.3) is 0 Å². The maximum atomic E-state index is 12.3. The van der Waals surface area contributed by atoms with Crippen molar-refractivity contribution in [1.29, 1.82) is 0 Å². The van der Waals surface area contributed by atoms with Crippen LogP contribution in [0.3, 0.4) is 0 Å². The molecule has 0 aromatic heterocycles. The first kappa shape index (κ1) is 16.1. The third-order valence-electron chi connectivity index (χ3n) is 4.12. The summed E-state index contributed by atoms with van der Waals surface area (Å²) in [6.45, 7) is 0.207. The zero-order chi connectivity index (χ0) is 18.1. The van der Waals surface area contributed by atoms with Gasteiger partial charge >= 0.3 is 5.97 Å². The molecule has 26 heavy (non-hydrogen) atoms. The lowest BCUT2D eigenvalue weighted by atomic mass is 10.1. The van der Waals surface area contributed by atoms with E-state index >= 15 is 0 Å². The minimum atomic E-state index is -0.421. The van der Waals surface area contributed by atoms with Crippen LogP contribution in [-0.4, -0.2) is 27.0 Å². The second kappa shape index (κ2) is 6.48. The molecule has 0 aliphatic carbocycles. The molecule has 0 saturated carbocycles. The fourth-order valence-corrected chi connectivity index (χ4v) is 2.81. The van der Waals surface area contributed by atoms with E-state index in [4.69, 9.17) is 23.7 Å². The molecule has 2 aliphatic rings. The Hall–Kier alpha value is -3.41. The maximum absolute atomic E-state index is 12.3. The highest BCUT2D eigenvalue weighted by Gasteiger charge is 2.24. The van der Waals surface area contributed by atoms with Gasteiger partial charge in [0, 0.05) is 6.07 Å². The molecule has 132 valence electrons. The van der Waals surface area contributed by atoms with E-state index in [1.807, 2.05) is 18.2 Å². The van der Waals surface area contributed by atoms with Gasteiger partial charge in [0.15, 0.2) is 11.5 Å². The highest BCUT2D eigenvalue weighted by Crippen LogP contribution is 2.36. The van der Waals surface area contributed by atoms with Crippen LogP contribution in [0.1, 0.15) is 11.1 Å². The van der Waals surface area contributed by atoms with Crippen LogP contribution in [0.5, 0.6) is 23.0 Å². The molecule has 4 rings (SSSR count). The third kappa shape index (κ3) is 2.86. The number of esters is 1. The Labute approximate surface area is 150 Å². The minimum Gasteiger partial charge on any atom is -0.497 e. The quantitative estimate of drug-likeness (QED) is 0.621. The van der Waals surface area contributed by atoms with Gasteiger partial charge in [-0.3, -0.25) is 0 Å². The molecular formula is C20H16O6. The van der Waals surface area contributed by atoms with Crippen LogP contribution in [0.25, 0.3) is 11.8 Å². The van der Waals surface area contributed by atoms with Crippen LogP contribution in [-0.2, 0) is 9.53 Å². The molecule has 0 N–H and O–H groups in total. The predicted octanol–water partition coefficient (Wildman–Crippen LogP) is 3.41. The molecular weight excluding hydrogens is 336 g/mol. The topological polar surface area (TPSA) is 63.2 Å². The Bertz CT molecular complexity index is 941. The molecule has 0 spiro atoms. The van der Waals surface area contributed by atoms with Gasteiger partial charge in [-0.2, -0.15) is 0 Å². The molecule has 0 bridgehead atoms. The molecule has 0 fully saturated rings. The van der Waals surface area contributed by atoms with Crippen LogP contribution in [0.4, 0.5) is 0 Å². The van der Waals surface area contributed by atoms with E-state index in [2.05, 4.69) is 0 Å². The zero-order valence-electron chi connectivity index (χ0n) is 14.3. The van der Waals surface area contributed by atoms with Gasteiger partial charge in [-0.1, -0.05) is 6.07 Å². The molecule has 2 aromatic rings. The van der Waals surface area contributed by atoms with Gasteiger partial charge in [-0.25, -0.2) is 4.79 Å². The molecule has 2 aromatic carbocycles. The van der Waals surface area contributed by atoms with Gasteiger partial charge in [-0.05, 0) is 42.0 Å². The number of ether oxygens (including phenoxy) is 5. The molecule has 0 atom stereocenters. The molecule has 6 nitrogen and oxygen atoms in total. The van der Waals surface area contributed by atoms with Crippen LogP contribution < -0.4 is 18.9 Å². The summed E-state index contributed by atoms with van der Waals surface area (Å²) in [5, 5.41) is 0. The van der Waals surface area contributed by atoms with Crippen molar-refractivity contribution in [3.63, 3.8) is 0 Å². The average molecular weight is 352 g/mol. The summed E-state index contributed by atoms with van der Waals surface area (Å²) in [7, 11) is 3.13. The molecule has 2 aliphatic heterocycles. The smallest absolute Gasteiger partial charge is 0.343 e. The Balaban J connectivity index is 1.67. The normalized spacial score (nSPS) is 16.5. The number of carbonyl (C=O) groups excluding carboxylic acids is 1. The number of methoxy groups -OCH3 is 2. The summed E-state index contributed by atoms with van der Waals surface area (Å²) in [4.78, 5) is 12.3. The van der Waals surface area contributed by atoms with Crippen molar-refractivity contribution in [3.05, 3.63) is 59.2 Å². The van der Waals surface area contributed by atoms with Gasteiger partial charge in [0.05, 0.1) is 25.4 Å². The van der Waals surface area contributed by atoms with Crippen molar-refractivity contribution in [3.8, 4) is 23.0 Å². The standard InChI is InChI=1S/C20H16O6/c1-22-14-4-5-15(17(10-14)23-2)18-9-13(20(21)26-18)7-12-3-6-16-19(8-12)25-11-24-16/h3-10H,11H2,1-2H3. The first-order valence-corrected chi connectivity index (χ1v) is 7.95. The largest absolute Gasteiger partial charge is 0.497 e. The van der Waals surface area contributed by atoms with Crippen LogP contribution in [0, 0.1) is 0 Å². The summed E-state index contributed by atoms with van der Waals surface area (Å²) in [5.41, 5.74) is 1.94. The van der Waals surface area contributed by atoms with Crippen LogP contribution >= 0.6 is 0 Å². The number of benzene rings is 2. The van der Waals surface area contributed by atoms with Gasteiger partial charge < -0.3 is 23.7 Å². The van der Waals surface area contributed by atoms with Crippen molar-refractivity contribution in [1.82, 2.24) is 0 Å². The molecule has 0 saturated heterocycles. The number of rotatable bonds is 4. The van der Waals surface area contributed by atoms with E-state index in [0.29, 0.717) is 39.9 Å². The van der Waals surface area contributed by atoms with Crippen LogP contribution in [0.15, 0.2) is 48.0 Å². The van der Waals surface area contributed by atoms with E-state index in [-0.39, 0.29) is 6.79 Å². The number of cyclic esters (lactones) is 1. The third-order valence-corrected chi connectivity index (χ3v) is 4.12. The van der Waals surface area contributed by atoms with Crippen molar-refractivity contribution in [2.45, 2.75) is 0 Å². The lowest BCUT2D eigenvalue weighted by Crippen LogP contribution is -1.98. The lowest BCUT2D eigenvalue weighted by molar-refractivity contribution is -0.130. The van der Waals surface area contributed by atoms with E-state index in [0.717, 1.165) is 5.56 Å². The average Bonchev–Trinajstić information content (AvgIpc) is 3.27. The number of hydrogen-bond acceptors (Lipinski definition) is 6. The van der Waals surface area contributed by atoms with Crippen molar-refractivity contribution in [2.75, 3.05) is 21.0 Å². The van der Waals surface area contributed by atoms with E-state index < -0.39 is 5.97 Å². The van der Waals surface area contributed by atoms with Crippen molar-refractivity contribution < 1.29 is 28.5 Å². The second-order valence-electron chi connectivity index (χ2n) is 5.68. The number of fused-ring (bicyclic) bond motifs is 1. The van der Waals surface area contributed by atoms with Gasteiger partial charge in [0.1, 0.15) is 17.3 Å². The summed E-state index contributed by atoms with van der Waals surface area (Å²) in [5.74, 6) is 2.59. The Kier molecular flexibility index (Phi) is 4.01. The maximum Gasteiger partial charge on any atom is 0.343 e. The fraction of sp³-hybridized carbons (Fsp3) is 0.150. The van der Waals surface area contributed by atoms with Crippen molar-refractivity contribution >= 4 is 17.8 Å². The summed E-state index contributed by atoms with van der Waals surface area (Å²) < 4.78 is 26.6. The number of carbonyl (C=O) groups is 1. The highest BCUT2D eigenvalue weighted by atomic mass is 16.7. The fourth-order valence-electron chi connectivity index (χ4n) is 2.81.